The van der Waals surface area contributed by atoms with E-state index < -0.39 is 0 Å². The Kier molecular flexibility index (Phi) is 3.37. The van der Waals surface area contributed by atoms with E-state index >= 15 is 0 Å². The molecule has 1 heteroatoms. The van der Waals surface area contributed by atoms with Crippen molar-refractivity contribution < 1.29 is 21.2 Å². The summed E-state index contributed by atoms with van der Waals surface area (Å²) in [6.45, 7) is 4.54. The van der Waals surface area contributed by atoms with Crippen molar-refractivity contribution in [3.8, 4) is 0 Å². The Morgan fingerprint density at radius 2 is 1.60 bits per heavy atom. The second kappa shape index (κ2) is 2.94. The molecule has 0 aliphatic heterocycles. The second-order valence-electron chi connectivity index (χ2n) is 1.23. The first kappa shape index (κ1) is 5.73. The number of rotatable bonds is 1. The van der Waals surface area contributed by atoms with Crippen molar-refractivity contribution >= 4 is 0 Å². The molecule has 0 fully saturated rings. The van der Waals surface area contributed by atoms with E-state index in [-0.39, 0.29) is 0 Å². The molecule has 0 aromatic heterocycles. The van der Waals surface area contributed by atoms with Gasteiger partial charge < -0.3 is 0 Å². The van der Waals surface area contributed by atoms with Crippen molar-refractivity contribution in [2.24, 2.45) is 0 Å². The van der Waals surface area contributed by atoms with Gasteiger partial charge in [0.25, 0.3) is 0 Å². The number of hydrogen-bond acceptors (Lipinski definition) is 0. The molecule has 0 aromatic rings. The predicted octanol–water partition coefficient (Wildman–Crippen LogP) is -1.89. The first-order chi connectivity index (χ1) is 2.27. The van der Waals surface area contributed by atoms with Gasteiger partial charge in [-0.15, -0.1) is 0 Å². The summed E-state index contributed by atoms with van der Waals surface area (Å²) >= 11 is 0.548. The fourth-order valence-electron chi connectivity index (χ4n) is 0. The van der Waals surface area contributed by atoms with Gasteiger partial charge in [0.15, 0.2) is 0 Å². The van der Waals surface area contributed by atoms with Gasteiger partial charge in [-0.3, -0.25) is 0 Å². The summed E-state index contributed by atoms with van der Waals surface area (Å²) in [5, 5.41) is 0. The average molecular weight is 185 g/mol. The van der Waals surface area contributed by atoms with Crippen LogP contribution < -0.4 is 21.2 Å². The molecule has 0 aliphatic carbocycles. The average Bonchev–Trinajstić information content (AvgIpc) is 1.38. The third-order valence-electron chi connectivity index (χ3n) is 0.436. The predicted molar refractivity (Wildman–Crippen MR) is 21.1 cm³/mol. The minimum atomic E-state index is 0.548. The van der Waals surface area contributed by atoms with Crippen molar-refractivity contribution in [3.63, 3.8) is 0 Å². The van der Waals surface area contributed by atoms with Gasteiger partial charge in [-0.2, -0.15) is 0 Å². The molecule has 0 radical (unpaired) electrons. The summed E-state index contributed by atoms with van der Waals surface area (Å²) in [5.74, 6) is 0. The molecule has 0 nitrogen and oxygen atoms in total. The molecule has 0 rings (SSSR count). The molecule has 0 bridgehead atoms. The van der Waals surface area contributed by atoms with Crippen molar-refractivity contribution in [2.45, 2.75) is 17.8 Å². The summed E-state index contributed by atoms with van der Waals surface area (Å²) in [6, 6.07) is 0. The fourth-order valence-corrected chi connectivity index (χ4v) is 0. The first-order valence-corrected chi connectivity index (χ1v) is 5.15. The van der Waals surface area contributed by atoms with Gasteiger partial charge in [0.05, 0.1) is 0 Å². The maximum absolute atomic E-state index is 2.31. The van der Waals surface area contributed by atoms with E-state index in [1.54, 1.807) is 0 Å². The molecule has 0 unspecified atom stereocenters. The Balaban J connectivity index is 2.54. The van der Waals surface area contributed by atoms with Gasteiger partial charge in [-0.1, -0.05) is 0 Å². The van der Waals surface area contributed by atoms with E-state index in [2.05, 4.69) is 18.8 Å². The van der Waals surface area contributed by atoms with E-state index in [1.165, 1.54) is 0 Å². The van der Waals surface area contributed by atoms with Gasteiger partial charge in [0.2, 0.25) is 0 Å². The van der Waals surface area contributed by atoms with E-state index in [4.69, 9.17) is 0 Å². The van der Waals surface area contributed by atoms with Crippen LogP contribution in [0.2, 0.25) is 0 Å². The molecular formula is C4H10I-. The standard InChI is InChI=1S/C4H10I/c1-4(2)5-3/h4H,1-3H3/q-1. The Morgan fingerprint density at radius 1 is 1.40 bits per heavy atom. The zero-order chi connectivity index (χ0) is 4.28. The first-order valence-electron chi connectivity index (χ1n) is 1.75. The summed E-state index contributed by atoms with van der Waals surface area (Å²) in [6.07, 6.45) is 0. The van der Waals surface area contributed by atoms with Crippen LogP contribution in [-0.2, 0) is 0 Å². The molecule has 0 spiro atoms. The van der Waals surface area contributed by atoms with Crippen molar-refractivity contribution in [1.82, 2.24) is 0 Å². The van der Waals surface area contributed by atoms with Gasteiger partial charge in [-0.05, 0) is 0 Å². The molecule has 0 aromatic carbocycles. The summed E-state index contributed by atoms with van der Waals surface area (Å²) in [4.78, 5) is 2.31. The zero-order valence-electron chi connectivity index (χ0n) is 3.96. The number of hydrogen-bond donors (Lipinski definition) is 0. The van der Waals surface area contributed by atoms with Crippen molar-refractivity contribution in [1.29, 1.82) is 0 Å². The van der Waals surface area contributed by atoms with Gasteiger partial charge in [0.1, 0.15) is 0 Å². The molecule has 0 atom stereocenters. The van der Waals surface area contributed by atoms with Crippen LogP contribution in [0.1, 0.15) is 13.8 Å². The van der Waals surface area contributed by atoms with Crippen LogP contribution in [0, 0.1) is 0 Å². The van der Waals surface area contributed by atoms with Crippen LogP contribution >= 0.6 is 0 Å². The van der Waals surface area contributed by atoms with Crippen LogP contribution in [0.4, 0.5) is 0 Å². The van der Waals surface area contributed by atoms with Crippen LogP contribution in [-0.4, -0.2) is 8.86 Å². The van der Waals surface area contributed by atoms with Gasteiger partial charge in [0, 0.05) is 0 Å². The quantitative estimate of drug-likeness (QED) is 0.331. The van der Waals surface area contributed by atoms with Crippen molar-refractivity contribution in [2.75, 3.05) is 4.93 Å². The Morgan fingerprint density at radius 3 is 1.60 bits per heavy atom. The van der Waals surface area contributed by atoms with Gasteiger partial charge in [-0.25, -0.2) is 0 Å². The van der Waals surface area contributed by atoms with E-state index in [9.17, 15) is 0 Å². The van der Waals surface area contributed by atoms with E-state index in [0.29, 0.717) is 21.2 Å². The third kappa shape index (κ3) is 4.73. The number of alkyl halides is 2. The van der Waals surface area contributed by atoms with E-state index in [1.807, 2.05) is 0 Å². The molecule has 0 amide bonds. The maximum atomic E-state index is 2.31. The SMILES string of the molecule is C[I-]C(C)C. The number of halogens is 1. The zero-order valence-corrected chi connectivity index (χ0v) is 6.11. The molecule has 0 N–H and O–H groups in total. The normalized spacial score (nSPS) is 10.4. The molecule has 5 heavy (non-hydrogen) atoms. The molecule has 34 valence electrons. The Bertz CT molecular complexity index is 17.6. The topological polar surface area (TPSA) is 0 Å². The third-order valence-corrected chi connectivity index (χ3v) is 2.93. The van der Waals surface area contributed by atoms with Crippen LogP contribution in [0.15, 0.2) is 0 Å². The fraction of sp³-hybridized carbons (Fsp3) is 1.00. The molecule has 0 aliphatic rings. The van der Waals surface area contributed by atoms with Crippen LogP contribution in [0.25, 0.3) is 0 Å². The van der Waals surface area contributed by atoms with Crippen LogP contribution in [0.5, 0.6) is 0 Å². The van der Waals surface area contributed by atoms with Crippen molar-refractivity contribution in [3.05, 3.63) is 0 Å². The molecule has 0 saturated heterocycles. The second-order valence-corrected chi connectivity index (χ2v) is 4.97. The van der Waals surface area contributed by atoms with Gasteiger partial charge >= 0.3 is 43.9 Å². The Hall–Kier alpha value is 0.730. The molecule has 0 saturated carbocycles. The molecule has 0 heterocycles. The summed E-state index contributed by atoms with van der Waals surface area (Å²) < 4.78 is 0.994. The minimum absolute atomic E-state index is 0.548. The Labute approximate surface area is 44.2 Å². The van der Waals surface area contributed by atoms with E-state index in [0.717, 1.165) is 3.92 Å². The monoisotopic (exact) mass is 185 g/mol. The van der Waals surface area contributed by atoms with Crippen LogP contribution in [0.3, 0.4) is 0 Å². The summed E-state index contributed by atoms with van der Waals surface area (Å²) in [5.41, 5.74) is 0. The summed E-state index contributed by atoms with van der Waals surface area (Å²) in [7, 11) is 0. The molecular weight excluding hydrogens is 175 g/mol.